The summed E-state index contributed by atoms with van der Waals surface area (Å²) in [4.78, 5) is 19.2. The van der Waals surface area contributed by atoms with Gasteiger partial charge in [-0.15, -0.1) is 11.3 Å². The van der Waals surface area contributed by atoms with Crippen LogP contribution in [0.5, 0.6) is 11.5 Å². The number of pyridine rings is 1. The smallest absolute Gasteiger partial charge is 0.253 e. The summed E-state index contributed by atoms with van der Waals surface area (Å²) < 4.78 is 10.8. The van der Waals surface area contributed by atoms with Crippen LogP contribution in [0.4, 0.5) is 5.69 Å². The SMILES string of the molecule is COc1ccc(NC(=S)N(Cc2cccs2)Cc2cc3c(C)cc(C)cc3[nH]c2=O)c(OC)c1. The Bertz CT molecular complexity index is 1380. The standard InChI is InChI=1S/C26H27N3O3S2/c1-16-10-17(2)21-12-18(25(30)27-23(21)11-16)14-29(15-20-6-5-9-34-20)26(33)28-22-8-7-19(31-3)13-24(22)32-4/h5-13H,14-15H2,1-4H3,(H,27,30)(H,28,33). The van der Waals surface area contributed by atoms with Crippen LogP contribution >= 0.6 is 23.6 Å². The fraction of sp³-hybridized carbons (Fsp3) is 0.231. The first-order valence-electron chi connectivity index (χ1n) is 10.8. The van der Waals surface area contributed by atoms with Crippen molar-refractivity contribution in [3.63, 3.8) is 0 Å². The third-order valence-electron chi connectivity index (χ3n) is 5.62. The molecule has 2 heterocycles. The van der Waals surface area contributed by atoms with Gasteiger partial charge in [0.2, 0.25) is 0 Å². The van der Waals surface area contributed by atoms with Gasteiger partial charge in [0.15, 0.2) is 5.11 Å². The van der Waals surface area contributed by atoms with Crippen LogP contribution in [-0.4, -0.2) is 29.2 Å². The molecule has 0 bridgehead atoms. The molecule has 6 nitrogen and oxygen atoms in total. The topological polar surface area (TPSA) is 66.6 Å². The molecule has 34 heavy (non-hydrogen) atoms. The van der Waals surface area contributed by atoms with E-state index in [4.69, 9.17) is 21.7 Å². The number of hydrogen-bond acceptors (Lipinski definition) is 5. The Kier molecular flexibility index (Phi) is 7.19. The number of benzene rings is 2. The van der Waals surface area contributed by atoms with Crippen LogP contribution in [0.1, 0.15) is 21.6 Å². The van der Waals surface area contributed by atoms with Gasteiger partial charge in [0.1, 0.15) is 11.5 Å². The molecule has 2 aromatic carbocycles. The van der Waals surface area contributed by atoms with Gasteiger partial charge in [0.05, 0.1) is 33.0 Å². The lowest BCUT2D eigenvalue weighted by Crippen LogP contribution is -2.35. The van der Waals surface area contributed by atoms with E-state index in [0.29, 0.717) is 35.3 Å². The molecule has 0 fully saturated rings. The molecule has 0 atom stereocenters. The van der Waals surface area contributed by atoms with E-state index >= 15 is 0 Å². The lowest BCUT2D eigenvalue weighted by Gasteiger charge is -2.26. The van der Waals surface area contributed by atoms with Gasteiger partial charge in [-0.1, -0.05) is 12.1 Å². The van der Waals surface area contributed by atoms with E-state index in [2.05, 4.69) is 29.4 Å². The summed E-state index contributed by atoms with van der Waals surface area (Å²) in [5.41, 5.74) is 4.36. The normalized spacial score (nSPS) is 10.8. The average molecular weight is 494 g/mol. The summed E-state index contributed by atoms with van der Waals surface area (Å²) in [6.07, 6.45) is 0. The second-order valence-electron chi connectivity index (χ2n) is 8.10. The number of thiocarbonyl (C=S) groups is 1. The Morgan fingerprint density at radius 2 is 1.91 bits per heavy atom. The van der Waals surface area contributed by atoms with Crippen molar-refractivity contribution < 1.29 is 9.47 Å². The fourth-order valence-electron chi connectivity index (χ4n) is 3.93. The van der Waals surface area contributed by atoms with Gasteiger partial charge in [-0.25, -0.2) is 0 Å². The van der Waals surface area contributed by atoms with E-state index in [0.717, 1.165) is 32.6 Å². The van der Waals surface area contributed by atoms with E-state index in [1.54, 1.807) is 31.6 Å². The summed E-state index contributed by atoms with van der Waals surface area (Å²) >= 11 is 7.45. The van der Waals surface area contributed by atoms with Gasteiger partial charge >= 0.3 is 0 Å². The third-order valence-corrected chi connectivity index (χ3v) is 6.84. The van der Waals surface area contributed by atoms with E-state index in [-0.39, 0.29) is 5.56 Å². The highest BCUT2D eigenvalue weighted by molar-refractivity contribution is 7.80. The van der Waals surface area contributed by atoms with Crippen molar-refractivity contribution in [3.05, 3.63) is 85.8 Å². The molecule has 0 radical (unpaired) electrons. The number of anilines is 1. The zero-order valence-corrected chi connectivity index (χ0v) is 21.2. The second kappa shape index (κ2) is 10.3. The van der Waals surface area contributed by atoms with Crippen molar-refractivity contribution in [1.82, 2.24) is 9.88 Å². The molecule has 2 aromatic heterocycles. The molecule has 176 valence electrons. The number of fused-ring (bicyclic) bond motifs is 1. The Balaban J connectivity index is 1.66. The molecule has 8 heteroatoms. The molecule has 0 aliphatic rings. The molecule has 0 aliphatic heterocycles. The first-order valence-corrected chi connectivity index (χ1v) is 12.1. The third kappa shape index (κ3) is 5.24. The molecule has 2 N–H and O–H groups in total. The summed E-state index contributed by atoms with van der Waals surface area (Å²) in [5.74, 6) is 1.31. The zero-order chi connectivity index (χ0) is 24.2. The Morgan fingerprint density at radius 1 is 1.09 bits per heavy atom. The number of ether oxygens (including phenoxy) is 2. The first kappa shape index (κ1) is 23.8. The molecule has 4 aromatic rings. The summed E-state index contributed by atoms with van der Waals surface area (Å²) in [6.45, 7) is 5.02. The summed E-state index contributed by atoms with van der Waals surface area (Å²) in [6, 6.07) is 15.7. The predicted molar refractivity (Wildman–Crippen MR) is 143 cm³/mol. The highest BCUT2D eigenvalue weighted by Crippen LogP contribution is 2.30. The van der Waals surface area contributed by atoms with Crippen LogP contribution < -0.4 is 20.3 Å². The van der Waals surface area contributed by atoms with Crippen LogP contribution in [0.2, 0.25) is 0 Å². The molecule has 0 saturated carbocycles. The zero-order valence-electron chi connectivity index (χ0n) is 19.6. The Hall–Kier alpha value is -3.36. The molecular formula is C26H27N3O3S2. The molecule has 0 saturated heterocycles. The number of rotatable bonds is 7. The highest BCUT2D eigenvalue weighted by Gasteiger charge is 2.17. The minimum atomic E-state index is -0.112. The van der Waals surface area contributed by atoms with E-state index in [9.17, 15) is 4.79 Å². The quantitative estimate of drug-likeness (QED) is 0.326. The number of hydrogen-bond donors (Lipinski definition) is 2. The highest BCUT2D eigenvalue weighted by atomic mass is 32.1. The van der Waals surface area contributed by atoms with Crippen LogP contribution in [0.15, 0.2) is 58.7 Å². The van der Waals surface area contributed by atoms with Crippen molar-refractivity contribution in [2.24, 2.45) is 0 Å². The predicted octanol–water partition coefficient (Wildman–Crippen LogP) is 5.62. The number of aryl methyl sites for hydroxylation is 2. The van der Waals surface area contributed by atoms with Crippen molar-refractivity contribution in [2.75, 3.05) is 19.5 Å². The lowest BCUT2D eigenvalue weighted by molar-refractivity contribution is 0.395. The first-order chi connectivity index (χ1) is 16.4. The maximum atomic E-state index is 13.0. The maximum absolute atomic E-state index is 13.0. The molecular weight excluding hydrogens is 466 g/mol. The van der Waals surface area contributed by atoms with Gasteiger partial charge < -0.3 is 24.7 Å². The van der Waals surface area contributed by atoms with Crippen LogP contribution in [0, 0.1) is 13.8 Å². The van der Waals surface area contributed by atoms with Crippen molar-refractivity contribution in [3.8, 4) is 11.5 Å². The number of nitrogens with one attached hydrogen (secondary N) is 2. The van der Waals surface area contributed by atoms with E-state index < -0.39 is 0 Å². The van der Waals surface area contributed by atoms with Crippen LogP contribution in [0.3, 0.4) is 0 Å². The lowest BCUT2D eigenvalue weighted by atomic mass is 10.0. The summed E-state index contributed by atoms with van der Waals surface area (Å²) in [7, 11) is 3.21. The number of nitrogens with zero attached hydrogens (tertiary/aromatic N) is 1. The van der Waals surface area contributed by atoms with E-state index in [1.165, 1.54) is 0 Å². The molecule has 0 unspecified atom stereocenters. The van der Waals surface area contributed by atoms with Crippen molar-refractivity contribution in [2.45, 2.75) is 26.9 Å². The van der Waals surface area contributed by atoms with Gasteiger partial charge in [-0.2, -0.15) is 0 Å². The van der Waals surface area contributed by atoms with Gasteiger partial charge in [-0.05, 0) is 72.9 Å². The number of aromatic nitrogens is 1. The molecule has 0 amide bonds. The molecule has 4 rings (SSSR count). The van der Waals surface area contributed by atoms with Crippen LogP contribution in [0.25, 0.3) is 10.9 Å². The monoisotopic (exact) mass is 493 g/mol. The minimum Gasteiger partial charge on any atom is -0.497 e. The largest absolute Gasteiger partial charge is 0.497 e. The number of methoxy groups -OCH3 is 2. The van der Waals surface area contributed by atoms with Gasteiger partial charge in [0.25, 0.3) is 5.56 Å². The van der Waals surface area contributed by atoms with Gasteiger partial charge in [-0.3, -0.25) is 4.79 Å². The van der Waals surface area contributed by atoms with E-state index in [1.807, 2.05) is 47.5 Å². The van der Waals surface area contributed by atoms with Crippen molar-refractivity contribution in [1.29, 1.82) is 0 Å². The minimum absolute atomic E-state index is 0.112. The number of H-pyrrole nitrogens is 1. The summed E-state index contributed by atoms with van der Waals surface area (Å²) in [5, 5.41) is 6.85. The Labute approximate surface area is 208 Å². The number of thiophene rings is 1. The fourth-order valence-corrected chi connectivity index (χ4v) is 4.88. The molecule has 0 spiro atoms. The van der Waals surface area contributed by atoms with Gasteiger partial charge in [0, 0.05) is 27.4 Å². The molecule has 0 aliphatic carbocycles. The van der Waals surface area contributed by atoms with Crippen molar-refractivity contribution >= 4 is 45.3 Å². The second-order valence-corrected chi connectivity index (χ2v) is 9.52. The number of aromatic amines is 1. The van der Waals surface area contributed by atoms with Crippen LogP contribution in [-0.2, 0) is 13.1 Å². The maximum Gasteiger partial charge on any atom is 0.253 e. The Morgan fingerprint density at radius 3 is 2.62 bits per heavy atom. The average Bonchev–Trinajstić information content (AvgIpc) is 3.32.